The number of aliphatic hydroxyl groups excluding tert-OH is 1. The van der Waals surface area contributed by atoms with E-state index in [9.17, 15) is 39.1 Å². The molecule has 0 unspecified atom stereocenters. The van der Waals surface area contributed by atoms with E-state index in [0.29, 0.717) is 51.0 Å². The maximum atomic E-state index is 13.2. The summed E-state index contributed by atoms with van der Waals surface area (Å²) < 4.78 is 2.07. The Labute approximate surface area is 393 Å². The number of carboxylic acid groups (broad SMARTS) is 1. The number of amides is 4. The third kappa shape index (κ3) is 21.3. The summed E-state index contributed by atoms with van der Waals surface area (Å²) in [6, 6.07) is 13.2. The van der Waals surface area contributed by atoms with Crippen molar-refractivity contribution in [1.29, 1.82) is 5.26 Å². The van der Waals surface area contributed by atoms with Crippen molar-refractivity contribution < 1.29 is 43.5 Å². The van der Waals surface area contributed by atoms with E-state index in [0.717, 1.165) is 93.7 Å². The summed E-state index contributed by atoms with van der Waals surface area (Å²) in [5.41, 5.74) is 3.82. The van der Waals surface area contributed by atoms with Crippen molar-refractivity contribution in [3.8, 4) is 6.07 Å². The van der Waals surface area contributed by atoms with E-state index in [2.05, 4.69) is 38.7 Å². The number of nitrogens with one attached hydrogen (secondary N) is 3. The first-order chi connectivity index (χ1) is 31.6. The number of nitriles is 1. The van der Waals surface area contributed by atoms with Crippen molar-refractivity contribution in [3.05, 3.63) is 71.6 Å². The van der Waals surface area contributed by atoms with Crippen LogP contribution in [0.2, 0.25) is 0 Å². The fourth-order valence-corrected chi connectivity index (χ4v) is 8.57. The number of hydrogen-bond donors (Lipinski definition) is 5. The number of carbonyl (C=O) groups is 6. The average molecular weight is 914 g/mol. The van der Waals surface area contributed by atoms with Gasteiger partial charge in [0.15, 0.2) is 24.7 Å². The van der Waals surface area contributed by atoms with Crippen molar-refractivity contribution in [3.63, 3.8) is 0 Å². The number of hydrogen-bond acceptors (Lipinski definition) is 8. The Hall–Kier alpha value is -5.42. The van der Waals surface area contributed by atoms with Gasteiger partial charge in [0.2, 0.25) is 23.6 Å². The molecule has 0 bridgehead atoms. The molecule has 1 aromatic carbocycles. The molecule has 66 heavy (non-hydrogen) atoms. The quantitative estimate of drug-likeness (QED) is 0.0282. The van der Waals surface area contributed by atoms with Gasteiger partial charge in [-0.25, -0.2) is 4.57 Å². The van der Waals surface area contributed by atoms with Crippen LogP contribution >= 0.6 is 0 Å². The number of allylic oxidation sites excluding steroid dienone is 2. The lowest BCUT2D eigenvalue weighted by atomic mass is 9.86. The maximum absolute atomic E-state index is 13.2. The van der Waals surface area contributed by atoms with Gasteiger partial charge in [0, 0.05) is 86.6 Å². The lowest BCUT2D eigenvalue weighted by molar-refractivity contribution is -0.688. The van der Waals surface area contributed by atoms with Gasteiger partial charge in [-0.2, -0.15) is 5.26 Å². The van der Waals surface area contributed by atoms with E-state index in [1.165, 1.54) is 0 Å². The Morgan fingerprint density at radius 3 is 2.05 bits per heavy atom. The first kappa shape index (κ1) is 54.9. The Kier molecular flexibility index (Phi) is 24.9. The summed E-state index contributed by atoms with van der Waals surface area (Å²) in [6.07, 6.45) is 20.2. The Morgan fingerprint density at radius 1 is 0.803 bits per heavy atom. The summed E-state index contributed by atoms with van der Waals surface area (Å²) in [4.78, 5) is 75.7. The molecule has 1 saturated carbocycles. The number of ketones is 1. The van der Waals surface area contributed by atoms with E-state index in [1.54, 1.807) is 13.0 Å². The standard InChI is InChI=1S/C52H76N6O8/c1-39(2)50(56-47(62)17-11-9-15-31-54-46(61)23-24-49(64)65)45(60)34-40(3)51(66)55-44-21-19-43(20-22-44)36-58-32-26-42(27-33-58)35-41(25-30-53)16-10-7-5-6-8-12-18-48(63)57(4)37-52(38-59)28-13-14-29-52/h19-22,25-27,32-33,39-40,50,59H,5-18,23-24,28-29,31,34-38H2,1-4H3,(H3-,54,55,56,61,62,64,65,66)/p+1/b41-25+/t40-,50+/m1/s1. The number of carbonyl (C=O) groups excluding carboxylic acids is 5. The molecular formula is C52H77N6O8+. The highest BCUT2D eigenvalue weighted by atomic mass is 16.4. The van der Waals surface area contributed by atoms with Gasteiger partial charge in [-0.15, -0.1) is 0 Å². The van der Waals surface area contributed by atoms with Gasteiger partial charge in [-0.1, -0.05) is 83.4 Å². The molecule has 0 aliphatic heterocycles. The van der Waals surface area contributed by atoms with Gasteiger partial charge in [0.05, 0.1) is 25.1 Å². The lowest BCUT2D eigenvalue weighted by Crippen LogP contribution is -2.45. The summed E-state index contributed by atoms with van der Waals surface area (Å²) in [6.45, 7) is 7.25. The van der Waals surface area contributed by atoms with Crippen molar-refractivity contribution in [2.45, 2.75) is 162 Å². The topological polar surface area (TPSA) is 210 Å². The number of aromatic nitrogens is 1. The Morgan fingerprint density at radius 2 is 1.42 bits per heavy atom. The van der Waals surface area contributed by atoms with Crippen LogP contribution in [0, 0.1) is 28.6 Å². The Bertz CT molecular complexity index is 1920. The molecule has 1 aliphatic rings. The Balaban J connectivity index is 1.33. The molecular weight excluding hydrogens is 837 g/mol. The van der Waals surface area contributed by atoms with Crippen LogP contribution in [0.5, 0.6) is 0 Å². The van der Waals surface area contributed by atoms with Gasteiger partial charge in [-0.3, -0.25) is 28.8 Å². The van der Waals surface area contributed by atoms with Gasteiger partial charge < -0.3 is 31.1 Å². The molecule has 1 aliphatic carbocycles. The van der Waals surface area contributed by atoms with Crippen molar-refractivity contribution in [2.75, 3.05) is 32.1 Å². The minimum Gasteiger partial charge on any atom is -0.481 e. The lowest BCUT2D eigenvalue weighted by Gasteiger charge is -2.31. The highest BCUT2D eigenvalue weighted by Crippen LogP contribution is 2.38. The van der Waals surface area contributed by atoms with Crippen LogP contribution < -0.4 is 20.5 Å². The van der Waals surface area contributed by atoms with Crippen LogP contribution in [0.25, 0.3) is 0 Å². The second-order valence-electron chi connectivity index (χ2n) is 18.8. The average Bonchev–Trinajstić information content (AvgIpc) is 3.76. The van der Waals surface area contributed by atoms with Crippen LogP contribution in [0.15, 0.2) is 60.4 Å². The summed E-state index contributed by atoms with van der Waals surface area (Å²) in [7, 11) is 1.87. The third-order valence-corrected chi connectivity index (χ3v) is 12.6. The van der Waals surface area contributed by atoms with E-state index in [1.807, 2.05) is 62.5 Å². The molecule has 14 heteroatoms. The number of anilines is 1. The summed E-state index contributed by atoms with van der Waals surface area (Å²) >= 11 is 0. The number of Topliss-reactive ketones (excluding diaryl/α,β-unsaturated/α-hetero) is 1. The van der Waals surface area contributed by atoms with Crippen LogP contribution in [-0.4, -0.2) is 83.3 Å². The predicted molar refractivity (Wildman–Crippen MR) is 255 cm³/mol. The molecule has 4 amide bonds. The zero-order valence-electron chi connectivity index (χ0n) is 40.1. The minimum atomic E-state index is -1.02. The molecule has 0 saturated heterocycles. The fraction of sp³-hybridized carbons (Fsp3) is 0.615. The number of benzene rings is 1. The normalized spacial score (nSPS) is 14.2. The highest BCUT2D eigenvalue weighted by Gasteiger charge is 2.35. The second-order valence-corrected chi connectivity index (χ2v) is 18.8. The van der Waals surface area contributed by atoms with E-state index >= 15 is 0 Å². The van der Waals surface area contributed by atoms with E-state index < -0.39 is 17.9 Å². The largest absolute Gasteiger partial charge is 0.481 e. The van der Waals surface area contributed by atoms with Crippen molar-refractivity contribution in [1.82, 2.24) is 15.5 Å². The molecule has 14 nitrogen and oxygen atoms in total. The third-order valence-electron chi connectivity index (χ3n) is 12.6. The molecule has 0 radical (unpaired) electrons. The summed E-state index contributed by atoms with van der Waals surface area (Å²) in [5, 5.41) is 36.4. The number of rotatable bonds is 32. The molecule has 3 rings (SSSR count). The smallest absolute Gasteiger partial charge is 0.303 e. The predicted octanol–water partition coefficient (Wildman–Crippen LogP) is 7.36. The molecule has 1 fully saturated rings. The first-order valence-electron chi connectivity index (χ1n) is 24.2. The summed E-state index contributed by atoms with van der Waals surface area (Å²) in [5.74, 6) is -2.67. The SMILES string of the molecule is CC(C)[C@H](NC(=O)CCCCCNC(=O)CCC(=O)O)C(=O)C[C@@H](C)C(=O)Nc1ccc(C[n+]2ccc(C/C(=C/C#N)CCCCCCCCC(=O)N(C)CC3(CO)CCCC3)cc2)cc1. The van der Waals surface area contributed by atoms with Crippen LogP contribution in [0.4, 0.5) is 5.69 Å². The minimum absolute atomic E-state index is 0.0205. The molecule has 0 spiro atoms. The highest BCUT2D eigenvalue weighted by molar-refractivity contribution is 5.97. The molecule has 1 heterocycles. The van der Waals surface area contributed by atoms with Crippen LogP contribution in [-0.2, 0) is 41.7 Å². The van der Waals surface area contributed by atoms with Crippen molar-refractivity contribution in [2.24, 2.45) is 17.3 Å². The van der Waals surface area contributed by atoms with Gasteiger partial charge in [0.25, 0.3) is 0 Å². The molecule has 5 N–H and O–H groups in total. The number of aliphatic hydroxyl groups is 1. The fourth-order valence-electron chi connectivity index (χ4n) is 8.57. The molecule has 2 aromatic rings. The number of carboxylic acids is 1. The van der Waals surface area contributed by atoms with Crippen molar-refractivity contribution >= 4 is 41.1 Å². The maximum Gasteiger partial charge on any atom is 0.303 e. The zero-order chi connectivity index (χ0) is 48.3. The van der Waals surface area contributed by atoms with Crippen LogP contribution in [0.3, 0.4) is 0 Å². The van der Waals surface area contributed by atoms with Gasteiger partial charge in [0.1, 0.15) is 0 Å². The van der Waals surface area contributed by atoms with Gasteiger partial charge in [-0.05, 0) is 75.0 Å². The number of unbranched alkanes of at least 4 members (excludes halogenated alkanes) is 7. The zero-order valence-corrected chi connectivity index (χ0v) is 40.1. The monoisotopic (exact) mass is 914 g/mol. The number of aliphatic carboxylic acids is 1. The van der Waals surface area contributed by atoms with Gasteiger partial charge >= 0.3 is 5.97 Å². The van der Waals surface area contributed by atoms with E-state index in [4.69, 9.17) is 5.11 Å². The molecule has 1 aromatic heterocycles. The van der Waals surface area contributed by atoms with E-state index in [-0.39, 0.29) is 73.0 Å². The number of pyridine rings is 1. The second kappa shape index (κ2) is 30.0. The molecule has 362 valence electrons. The molecule has 2 atom stereocenters. The number of nitrogens with zero attached hydrogens (tertiary/aromatic N) is 3. The van der Waals surface area contributed by atoms with Crippen LogP contribution in [0.1, 0.15) is 154 Å². The first-order valence-corrected chi connectivity index (χ1v) is 24.2.